The first-order valence-corrected chi connectivity index (χ1v) is 10.1. The lowest BCUT2D eigenvalue weighted by atomic mass is 10.1. The minimum absolute atomic E-state index is 0.00640. The number of amides is 1. The zero-order chi connectivity index (χ0) is 19.6. The summed E-state index contributed by atoms with van der Waals surface area (Å²) in [5, 5.41) is 12.6. The number of hydrogen-bond donors (Lipinski definition) is 2. The monoisotopic (exact) mass is 410 g/mol. The van der Waals surface area contributed by atoms with Crippen LogP contribution in [0.1, 0.15) is 15.9 Å². The summed E-state index contributed by atoms with van der Waals surface area (Å²) in [6.45, 7) is 2.98. The summed E-state index contributed by atoms with van der Waals surface area (Å²) in [7, 11) is -3.76. The topological polar surface area (TPSA) is 95.9 Å². The van der Waals surface area contributed by atoms with E-state index in [1.807, 2.05) is 6.92 Å². The van der Waals surface area contributed by atoms with E-state index < -0.39 is 15.9 Å². The summed E-state index contributed by atoms with van der Waals surface area (Å²) < 4.78 is 32.1. The van der Waals surface area contributed by atoms with Gasteiger partial charge in [-0.25, -0.2) is 8.42 Å². The maximum Gasteiger partial charge on any atom is 0.257 e. The number of ether oxygens (including phenoxy) is 1. The van der Waals surface area contributed by atoms with Crippen molar-refractivity contribution in [3.63, 3.8) is 0 Å². The third kappa shape index (κ3) is 4.24. The molecule has 3 rings (SSSR count). The molecule has 1 amide bonds. The van der Waals surface area contributed by atoms with E-state index >= 15 is 0 Å². The van der Waals surface area contributed by atoms with E-state index in [4.69, 9.17) is 16.3 Å². The molecule has 1 saturated heterocycles. The summed E-state index contributed by atoms with van der Waals surface area (Å²) in [5.41, 5.74) is 1.07. The number of carbonyl (C=O) groups is 1. The second-order valence-corrected chi connectivity index (χ2v) is 8.48. The van der Waals surface area contributed by atoms with Crippen LogP contribution in [0.3, 0.4) is 0 Å². The molecule has 2 aromatic carbocycles. The van der Waals surface area contributed by atoms with E-state index in [2.05, 4.69) is 5.32 Å². The number of aromatic hydroxyl groups is 1. The van der Waals surface area contributed by atoms with Crippen molar-refractivity contribution in [3.8, 4) is 5.75 Å². The number of rotatable bonds is 4. The van der Waals surface area contributed by atoms with Crippen molar-refractivity contribution in [2.24, 2.45) is 0 Å². The molecule has 9 heteroatoms. The Morgan fingerprint density at radius 1 is 1.19 bits per heavy atom. The van der Waals surface area contributed by atoms with Crippen molar-refractivity contribution in [2.45, 2.75) is 11.8 Å². The summed E-state index contributed by atoms with van der Waals surface area (Å²) in [5.74, 6) is -0.706. The van der Waals surface area contributed by atoms with Crippen molar-refractivity contribution in [2.75, 3.05) is 31.6 Å². The van der Waals surface area contributed by atoms with E-state index in [0.29, 0.717) is 13.2 Å². The molecular formula is C18H19ClN2O5S. The Morgan fingerprint density at radius 2 is 1.89 bits per heavy atom. The number of morpholine rings is 1. The molecule has 2 aromatic rings. The Morgan fingerprint density at radius 3 is 2.59 bits per heavy atom. The van der Waals surface area contributed by atoms with Crippen LogP contribution >= 0.6 is 11.6 Å². The Hall–Kier alpha value is -2.13. The smallest absolute Gasteiger partial charge is 0.257 e. The highest BCUT2D eigenvalue weighted by Crippen LogP contribution is 2.27. The largest absolute Gasteiger partial charge is 0.506 e. The third-order valence-electron chi connectivity index (χ3n) is 4.19. The highest BCUT2D eigenvalue weighted by Gasteiger charge is 2.27. The fourth-order valence-corrected chi connectivity index (χ4v) is 4.35. The first kappa shape index (κ1) is 19.6. The molecule has 144 valence electrons. The summed E-state index contributed by atoms with van der Waals surface area (Å²) >= 11 is 6.11. The predicted molar refractivity (Wildman–Crippen MR) is 102 cm³/mol. The number of carbonyl (C=O) groups excluding carboxylic acids is 1. The van der Waals surface area contributed by atoms with E-state index in [9.17, 15) is 18.3 Å². The first-order valence-electron chi connectivity index (χ1n) is 8.27. The molecule has 1 aliphatic heterocycles. The molecule has 0 saturated carbocycles. The number of phenolic OH excluding ortho intramolecular Hbond substituents is 1. The Bertz CT molecular complexity index is 972. The van der Waals surface area contributed by atoms with Gasteiger partial charge in [0.05, 0.1) is 34.4 Å². The molecule has 7 nitrogen and oxygen atoms in total. The number of halogens is 1. The first-order chi connectivity index (χ1) is 12.8. The van der Waals surface area contributed by atoms with Crippen LogP contribution in [0.15, 0.2) is 41.3 Å². The summed E-state index contributed by atoms with van der Waals surface area (Å²) in [4.78, 5) is 12.6. The normalized spacial score (nSPS) is 15.5. The number of phenols is 1. The maximum absolute atomic E-state index is 12.8. The molecule has 1 aliphatic rings. The molecule has 0 spiro atoms. The second kappa shape index (κ2) is 7.85. The SMILES string of the molecule is Cc1ccc(O)c(NC(=O)c2cc(S(=O)(=O)N3CCOCC3)ccc2Cl)c1. The summed E-state index contributed by atoms with van der Waals surface area (Å²) in [6, 6.07) is 8.76. The molecule has 0 atom stereocenters. The molecule has 0 aromatic heterocycles. The summed E-state index contributed by atoms with van der Waals surface area (Å²) in [6.07, 6.45) is 0. The molecule has 0 unspecified atom stereocenters. The maximum atomic E-state index is 12.8. The van der Waals surface area contributed by atoms with Gasteiger partial charge in [0.25, 0.3) is 5.91 Å². The van der Waals surface area contributed by atoms with Crippen molar-refractivity contribution in [1.29, 1.82) is 0 Å². The van der Waals surface area contributed by atoms with Crippen molar-refractivity contribution >= 4 is 33.2 Å². The third-order valence-corrected chi connectivity index (χ3v) is 6.41. The number of sulfonamides is 1. The number of nitrogens with one attached hydrogen (secondary N) is 1. The predicted octanol–water partition coefficient (Wildman–Crippen LogP) is 2.63. The number of benzene rings is 2. The van der Waals surface area contributed by atoms with Gasteiger partial charge in [0, 0.05) is 13.1 Å². The standard InChI is InChI=1S/C18H19ClN2O5S/c1-12-2-5-17(22)16(10-12)20-18(23)14-11-13(3-4-15(14)19)27(24,25)21-6-8-26-9-7-21/h2-5,10-11,22H,6-9H2,1H3,(H,20,23). The lowest BCUT2D eigenvalue weighted by Gasteiger charge is -2.26. The van der Waals surface area contributed by atoms with Gasteiger partial charge in [0.2, 0.25) is 10.0 Å². The van der Waals surface area contributed by atoms with Crippen LogP contribution in [0.25, 0.3) is 0 Å². The fraction of sp³-hybridized carbons (Fsp3) is 0.278. The van der Waals surface area contributed by atoms with Crippen LogP contribution in [-0.4, -0.2) is 50.0 Å². The molecule has 0 radical (unpaired) electrons. The lowest BCUT2D eigenvalue weighted by molar-refractivity contribution is 0.0730. The van der Waals surface area contributed by atoms with Crippen LogP contribution in [0.5, 0.6) is 5.75 Å². The van der Waals surface area contributed by atoms with Crippen LogP contribution in [0, 0.1) is 6.92 Å². The minimum Gasteiger partial charge on any atom is -0.506 e. The Balaban J connectivity index is 1.91. The van der Waals surface area contributed by atoms with Gasteiger partial charge in [-0.2, -0.15) is 4.31 Å². The molecule has 1 fully saturated rings. The molecule has 2 N–H and O–H groups in total. The molecule has 27 heavy (non-hydrogen) atoms. The van der Waals surface area contributed by atoms with Gasteiger partial charge in [-0.05, 0) is 42.8 Å². The highest BCUT2D eigenvalue weighted by molar-refractivity contribution is 7.89. The van der Waals surface area contributed by atoms with Gasteiger partial charge in [-0.15, -0.1) is 0 Å². The minimum atomic E-state index is -3.76. The molecule has 0 bridgehead atoms. The van der Waals surface area contributed by atoms with Gasteiger partial charge in [0.15, 0.2) is 0 Å². The Labute approximate surface area is 162 Å². The molecular weight excluding hydrogens is 392 g/mol. The van der Waals surface area contributed by atoms with E-state index in [1.165, 1.54) is 28.6 Å². The van der Waals surface area contributed by atoms with Crippen LogP contribution in [0.4, 0.5) is 5.69 Å². The second-order valence-electron chi connectivity index (χ2n) is 6.13. The van der Waals surface area contributed by atoms with Gasteiger partial charge in [-0.1, -0.05) is 17.7 Å². The van der Waals surface area contributed by atoms with Crippen LogP contribution in [0.2, 0.25) is 5.02 Å². The molecule has 0 aliphatic carbocycles. The van der Waals surface area contributed by atoms with Gasteiger partial charge < -0.3 is 15.2 Å². The Kier molecular flexibility index (Phi) is 5.71. The number of anilines is 1. The van der Waals surface area contributed by atoms with Gasteiger partial charge in [-0.3, -0.25) is 4.79 Å². The number of aryl methyl sites for hydroxylation is 1. The quantitative estimate of drug-likeness (QED) is 0.755. The average Bonchev–Trinajstić information content (AvgIpc) is 2.65. The van der Waals surface area contributed by atoms with E-state index in [0.717, 1.165) is 5.56 Å². The number of hydrogen-bond acceptors (Lipinski definition) is 5. The van der Waals surface area contributed by atoms with Gasteiger partial charge in [0.1, 0.15) is 5.75 Å². The van der Waals surface area contributed by atoms with Crippen LogP contribution < -0.4 is 5.32 Å². The van der Waals surface area contributed by atoms with Crippen molar-refractivity contribution in [3.05, 3.63) is 52.5 Å². The van der Waals surface area contributed by atoms with Gasteiger partial charge >= 0.3 is 0 Å². The zero-order valence-electron chi connectivity index (χ0n) is 14.6. The average molecular weight is 411 g/mol. The van der Waals surface area contributed by atoms with E-state index in [1.54, 1.807) is 12.1 Å². The fourth-order valence-electron chi connectivity index (χ4n) is 2.71. The van der Waals surface area contributed by atoms with E-state index in [-0.39, 0.29) is 40.0 Å². The molecule has 1 heterocycles. The lowest BCUT2D eigenvalue weighted by Crippen LogP contribution is -2.40. The van der Waals surface area contributed by atoms with Crippen molar-refractivity contribution < 1.29 is 23.1 Å². The number of nitrogens with zero attached hydrogens (tertiary/aromatic N) is 1. The zero-order valence-corrected chi connectivity index (χ0v) is 16.2. The van der Waals surface area contributed by atoms with Crippen LogP contribution in [-0.2, 0) is 14.8 Å². The van der Waals surface area contributed by atoms with Crippen molar-refractivity contribution in [1.82, 2.24) is 4.31 Å². The highest BCUT2D eigenvalue weighted by atomic mass is 35.5.